The van der Waals surface area contributed by atoms with E-state index in [4.69, 9.17) is 4.98 Å². The third-order valence-corrected chi connectivity index (χ3v) is 6.24. The second-order valence-electron chi connectivity index (χ2n) is 7.81. The highest BCUT2D eigenvalue weighted by molar-refractivity contribution is 6.08. The molecule has 2 aromatic carbocycles. The lowest BCUT2D eigenvalue weighted by molar-refractivity contribution is 0.0935. The number of hydrogen-bond acceptors (Lipinski definition) is 3. The van der Waals surface area contributed by atoms with E-state index in [0.29, 0.717) is 0 Å². The van der Waals surface area contributed by atoms with Crippen LogP contribution in [0.3, 0.4) is 0 Å². The molecular formula is C24H25N3O. The van der Waals surface area contributed by atoms with Gasteiger partial charge in [-0.1, -0.05) is 49.4 Å². The van der Waals surface area contributed by atoms with Crippen molar-refractivity contribution in [2.24, 2.45) is 0 Å². The maximum absolute atomic E-state index is 13.5. The van der Waals surface area contributed by atoms with Gasteiger partial charge in [0.1, 0.15) is 0 Å². The molecule has 0 fully saturated rings. The number of nitrogens with zero attached hydrogens (tertiary/aromatic N) is 2. The summed E-state index contributed by atoms with van der Waals surface area (Å²) < 4.78 is 0. The third-order valence-electron chi connectivity index (χ3n) is 6.24. The molecule has 28 heavy (non-hydrogen) atoms. The maximum atomic E-state index is 13.5. The molecule has 3 aromatic rings. The smallest absolute Gasteiger partial charge is 0.252 e. The molecule has 1 amide bonds. The topological polar surface area (TPSA) is 45.2 Å². The Morgan fingerprint density at radius 3 is 2.86 bits per heavy atom. The number of hydrogen-bond donors (Lipinski definition) is 1. The molecule has 1 N–H and O–H groups in total. The first-order valence-corrected chi connectivity index (χ1v) is 10.3. The summed E-state index contributed by atoms with van der Waals surface area (Å²) in [5, 5.41) is 4.30. The molecule has 0 bridgehead atoms. The summed E-state index contributed by atoms with van der Waals surface area (Å²) in [7, 11) is 0. The molecule has 0 saturated carbocycles. The van der Waals surface area contributed by atoms with E-state index in [1.807, 2.05) is 24.3 Å². The minimum Gasteiger partial charge on any atom is -0.345 e. The van der Waals surface area contributed by atoms with Crippen LogP contribution in [0.1, 0.15) is 52.1 Å². The zero-order chi connectivity index (χ0) is 19.1. The van der Waals surface area contributed by atoms with Crippen LogP contribution >= 0.6 is 0 Å². The number of benzene rings is 2. The van der Waals surface area contributed by atoms with Gasteiger partial charge in [0.05, 0.1) is 17.1 Å². The molecule has 1 aliphatic heterocycles. The van der Waals surface area contributed by atoms with E-state index in [1.165, 1.54) is 11.1 Å². The molecule has 2 aliphatic rings. The Hall–Kier alpha value is -2.72. The molecule has 2 heterocycles. The number of likely N-dealkylation sites (N-methyl/N-ethyl adjacent to an activating group) is 1. The van der Waals surface area contributed by atoms with Crippen molar-refractivity contribution in [3.8, 4) is 0 Å². The Morgan fingerprint density at radius 2 is 1.96 bits per heavy atom. The first kappa shape index (κ1) is 17.4. The van der Waals surface area contributed by atoms with Crippen LogP contribution in [0, 0.1) is 0 Å². The Morgan fingerprint density at radius 1 is 1.14 bits per heavy atom. The first-order valence-electron chi connectivity index (χ1n) is 10.3. The molecule has 0 unspecified atom stereocenters. The Kier molecular flexibility index (Phi) is 4.36. The Bertz CT molecular complexity index is 1060. The Labute approximate surface area is 165 Å². The highest BCUT2D eigenvalue weighted by Gasteiger charge is 2.28. The standard InChI is InChI=1S/C24H25N3O/c1-2-27-14-13-22-19(15-27)23(18-9-5-6-10-20(18)25-22)24(28)26-21-12-11-16-7-3-4-8-17(16)21/h3-10,21H,2,11-15H2,1H3,(H,26,28)/t21-/m0/s1. The zero-order valence-corrected chi connectivity index (χ0v) is 16.2. The summed E-state index contributed by atoms with van der Waals surface area (Å²) in [6.45, 7) is 4.97. The average Bonchev–Trinajstić information content (AvgIpc) is 3.14. The summed E-state index contributed by atoms with van der Waals surface area (Å²) >= 11 is 0. The molecule has 1 aromatic heterocycles. The van der Waals surface area contributed by atoms with Crippen LogP contribution in [0.2, 0.25) is 0 Å². The monoisotopic (exact) mass is 371 g/mol. The predicted molar refractivity (Wildman–Crippen MR) is 111 cm³/mol. The lowest BCUT2D eigenvalue weighted by atomic mass is 9.94. The summed E-state index contributed by atoms with van der Waals surface area (Å²) in [4.78, 5) is 20.8. The average molecular weight is 371 g/mol. The molecule has 142 valence electrons. The molecule has 1 aliphatic carbocycles. The van der Waals surface area contributed by atoms with E-state index in [0.717, 1.165) is 66.6 Å². The molecule has 0 radical (unpaired) electrons. The zero-order valence-electron chi connectivity index (χ0n) is 16.2. The molecule has 0 saturated heterocycles. The molecule has 0 spiro atoms. The van der Waals surface area contributed by atoms with Crippen LogP contribution in [0.15, 0.2) is 48.5 Å². The number of fused-ring (bicyclic) bond motifs is 3. The summed E-state index contributed by atoms with van der Waals surface area (Å²) in [5.41, 5.74) is 6.55. The van der Waals surface area contributed by atoms with Crippen LogP contribution in [0.4, 0.5) is 0 Å². The number of aromatic nitrogens is 1. The number of pyridine rings is 1. The highest BCUT2D eigenvalue weighted by atomic mass is 16.1. The minimum absolute atomic E-state index is 0.0366. The van der Waals surface area contributed by atoms with Gasteiger partial charge in [0, 0.05) is 36.2 Å². The summed E-state index contributed by atoms with van der Waals surface area (Å²) in [5.74, 6) is 0.0366. The minimum atomic E-state index is 0.0366. The molecule has 4 nitrogen and oxygen atoms in total. The van der Waals surface area contributed by atoms with Gasteiger partial charge in [-0.2, -0.15) is 0 Å². The number of para-hydroxylation sites is 1. The lowest BCUT2D eigenvalue weighted by Gasteiger charge is -2.29. The normalized spacial score (nSPS) is 18.7. The fraction of sp³-hybridized carbons (Fsp3) is 0.333. The summed E-state index contributed by atoms with van der Waals surface area (Å²) in [6.07, 6.45) is 2.90. The van der Waals surface area contributed by atoms with Crippen molar-refractivity contribution in [3.63, 3.8) is 0 Å². The SMILES string of the molecule is CCN1CCc2nc3ccccc3c(C(=O)N[C@H]3CCc4ccccc43)c2C1. The quantitative estimate of drug-likeness (QED) is 0.756. The van der Waals surface area contributed by atoms with Gasteiger partial charge in [0.15, 0.2) is 0 Å². The largest absolute Gasteiger partial charge is 0.345 e. The van der Waals surface area contributed by atoms with E-state index in [-0.39, 0.29) is 11.9 Å². The number of aryl methyl sites for hydroxylation is 1. The predicted octanol–water partition coefficient (Wildman–Crippen LogP) is 4.03. The van der Waals surface area contributed by atoms with Crippen molar-refractivity contribution in [3.05, 3.63) is 76.5 Å². The number of nitrogens with one attached hydrogen (secondary N) is 1. The molecular weight excluding hydrogens is 346 g/mol. The number of carbonyl (C=O) groups excluding carboxylic acids is 1. The Balaban J connectivity index is 1.57. The number of carbonyl (C=O) groups is 1. The second-order valence-corrected chi connectivity index (χ2v) is 7.81. The highest BCUT2D eigenvalue weighted by Crippen LogP contribution is 2.33. The van der Waals surface area contributed by atoms with E-state index < -0.39 is 0 Å². The van der Waals surface area contributed by atoms with E-state index in [9.17, 15) is 4.79 Å². The number of rotatable bonds is 3. The lowest BCUT2D eigenvalue weighted by Crippen LogP contribution is -2.35. The van der Waals surface area contributed by atoms with Crippen molar-refractivity contribution in [2.75, 3.05) is 13.1 Å². The van der Waals surface area contributed by atoms with Gasteiger partial charge in [0.2, 0.25) is 0 Å². The van der Waals surface area contributed by atoms with Gasteiger partial charge < -0.3 is 5.32 Å². The van der Waals surface area contributed by atoms with Gasteiger partial charge in [-0.25, -0.2) is 0 Å². The van der Waals surface area contributed by atoms with Gasteiger partial charge in [-0.15, -0.1) is 0 Å². The second kappa shape index (κ2) is 7.02. The van der Waals surface area contributed by atoms with Crippen molar-refractivity contribution in [1.82, 2.24) is 15.2 Å². The van der Waals surface area contributed by atoms with Crippen LogP contribution in [-0.4, -0.2) is 28.9 Å². The molecule has 4 heteroatoms. The number of amides is 1. The van der Waals surface area contributed by atoms with Crippen LogP contribution < -0.4 is 5.32 Å². The van der Waals surface area contributed by atoms with E-state index in [1.54, 1.807) is 0 Å². The van der Waals surface area contributed by atoms with Crippen molar-refractivity contribution in [2.45, 2.75) is 38.8 Å². The van der Waals surface area contributed by atoms with Gasteiger partial charge in [0.25, 0.3) is 5.91 Å². The summed E-state index contributed by atoms with van der Waals surface area (Å²) in [6, 6.07) is 16.6. The fourth-order valence-corrected chi connectivity index (χ4v) is 4.71. The van der Waals surface area contributed by atoms with Crippen molar-refractivity contribution in [1.29, 1.82) is 0 Å². The van der Waals surface area contributed by atoms with E-state index >= 15 is 0 Å². The van der Waals surface area contributed by atoms with Gasteiger partial charge in [-0.05, 0) is 36.6 Å². The molecule has 5 rings (SSSR count). The van der Waals surface area contributed by atoms with Crippen molar-refractivity contribution >= 4 is 16.8 Å². The van der Waals surface area contributed by atoms with Crippen LogP contribution in [0.5, 0.6) is 0 Å². The van der Waals surface area contributed by atoms with E-state index in [2.05, 4.69) is 41.4 Å². The molecule has 1 atom stereocenters. The van der Waals surface area contributed by atoms with Crippen LogP contribution in [-0.2, 0) is 19.4 Å². The van der Waals surface area contributed by atoms with Gasteiger partial charge >= 0.3 is 0 Å². The first-order chi connectivity index (χ1) is 13.7. The fourth-order valence-electron chi connectivity index (χ4n) is 4.71. The van der Waals surface area contributed by atoms with Gasteiger partial charge in [-0.3, -0.25) is 14.7 Å². The maximum Gasteiger partial charge on any atom is 0.252 e. The third kappa shape index (κ3) is 2.89. The van der Waals surface area contributed by atoms with Crippen molar-refractivity contribution < 1.29 is 4.79 Å². The van der Waals surface area contributed by atoms with Crippen LogP contribution in [0.25, 0.3) is 10.9 Å².